The van der Waals surface area contributed by atoms with E-state index in [0.29, 0.717) is 16.6 Å². The standard InChI is InChI=1S/C21H15ClF3N5O/c1-30-10-13(9-27-30)15-8-17(20(26)31)28-16-5-11(2-3-14(15)16)4-12-6-18(21(23,24)25)29-19(22)7-12/h2-3,5-10H,4H2,1H3,(H2,26,31). The number of nitrogens with zero attached hydrogens (tertiary/aromatic N) is 4. The highest BCUT2D eigenvalue weighted by Gasteiger charge is 2.33. The monoisotopic (exact) mass is 445 g/mol. The quantitative estimate of drug-likeness (QED) is 0.472. The lowest BCUT2D eigenvalue weighted by Crippen LogP contribution is -2.13. The molecule has 4 aromatic rings. The maximum atomic E-state index is 13.0. The van der Waals surface area contributed by atoms with E-state index in [2.05, 4.69) is 15.1 Å². The molecule has 6 nitrogen and oxygen atoms in total. The van der Waals surface area contributed by atoms with E-state index in [4.69, 9.17) is 17.3 Å². The number of hydrogen-bond acceptors (Lipinski definition) is 4. The Hall–Kier alpha value is -3.46. The number of aryl methyl sites for hydroxylation is 1. The van der Waals surface area contributed by atoms with Crippen molar-refractivity contribution in [2.24, 2.45) is 12.8 Å². The van der Waals surface area contributed by atoms with E-state index in [0.717, 1.165) is 22.6 Å². The lowest BCUT2D eigenvalue weighted by Gasteiger charge is -2.11. The van der Waals surface area contributed by atoms with Crippen LogP contribution in [0.25, 0.3) is 22.0 Å². The highest BCUT2D eigenvalue weighted by molar-refractivity contribution is 6.29. The van der Waals surface area contributed by atoms with Crippen LogP contribution in [0.3, 0.4) is 0 Å². The molecule has 0 fully saturated rings. The predicted octanol–water partition coefficient (Wildman–Crippen LogP) is 4.39. The van der Waals surface area contributed by atoms with Gasteiger partial charge in [0.05, 0.1) is 11.7 Å². The Balaban J connectivity index is 1.80. The van der Waals surface area contributed by atoms with Crippen LogP contribution >= 0.6 is 11.6 Å². The molecule has 0 spiro atoms. The third kappa shape index (κ3) is 4.36. The number of carbonyl (C=O) groups excluding carboxylic acids is 1. The van der Waals surface area contributed by atoms with Gasteiger partial charge in [0, 0.05) is 24.2 Å². The zero-order valence-electron chi connectivity index (χ0n) is 16.1. The summed E-state index contributed by atoms with van der Waals surface area (Å²) in [5.41, 5.74) is 7.50. The molecule has 0 saturated carbocycles. The molecule has 31 heavy (non-hydrogen) atoms. The van der Waals surface area contributed by atoms with Crippen LogP contribution in [0.2, 0.25) is 5.15 Å². The van der Waals surface area contributed by atoms with Crippen molar-refractivity contribution in [3.05, 3.63) is 76.5 Å². The van der Waals surface area contributed by atoms with Crippen molar-refractivity contribution in [1.29, 1.82) is 0 Å². The van der Waals surface area contributed by atoms with Gasteiger partial charge in [-0.15, -0.1) is 0 Å². The lowest BCUT2D eigenvalue weighted by atomic mass is 9.98. The SMILES string of the molecule is Cn1cc(-c2cc(C(N)=O)nc3cc(Cc4cc(Cl)nc(C(F)(F)F)c4)ccc23)cn1. The van der Waals surface area contributed by atoms with Gasteiger partial charge in [-0.2, -0.15) is 18.3 Å². The Morgan fingerprint density at radius 2 is 1.90 bits per heavy atom. The van der Waals surface area contributed by atoms with Crippen LogP contribution in [-0.2, 0) is 19.6 Å². The third-order valence-corrected chi connectivity index (χ3v) is 4.89. The predicted molar refractivity (Wildman–Crippen MR) is 110 cm³/mol. The summed E-state index contributed by atoms with van der Waals surface area (Å²) in [6, 6.07) is 9.25. The number of carbonyl (C=O) groups is 1. The molecular weight excluding hydrogens is 431 g/mol. The molecule has 0 aliphatic rings. The van der Waals surface area contributed by atoms with E-state index >= 15 is 0 Å². The fourth-order valence-corrected chi connectivity index (χ4v) is 3.57. The summed E-state index contributed by atoms with van der Waals surface area (Å²) in [4.78, 5) is 19.5. The van der Waals surface area contributed by atoms with Crippen LogP contribution in [0.1, 0.15) is 27.3 Å². The molecule has 0 aliphatic heterocycles. The minimum absolute atomic E-state index is 0.0785. The maximum absolute atomic E-state index is 13.0. The first kappa shape index (κ1) is 20.8. The summed E-state index contributed by atoms with van der Waals surface area (Å²) < 4.78 is 40.8. The number of hydrogen-bond donors (Lipinski definition) is 1. The van der Waals surface area contributed by atoms with Gasteiger partial charge in [-0.05, 0) is 47.4 Å². The van der Waals surface area contributed by atoms with Crippen molar-refractivity contribution in [1.82, 2.24) is 19.7 Å². The van der Waals surface area contributed by atoms with Crippen LogP contribution < -0.4 is 5.73 Å². The Morgan fingerprint density at radius 1 is 1.13 bits per heavy atom. The summed E-state index contributed by atoms with van der Waals surface area (Å²) >= 11 is 5.78. The average molecular weight is 446 g/mol. The largest absolute Gasteiger partial charge is 0.433 e. The number of fused-ring (bicyclic) bond motifs is 1. The Kier molecular flexibility index (Phi) is 5.14. The first-order valence-corrected chi connectivity index (χ1v) is 9.44. The number of primary amides is 1. The molecule has 1 amide bonds. The van der Waals surface area contributed by atoms with E-state index < -0.39 is 17.8 Å². The number of benzene rings is 1. The normalized spacial score (nSPS) is 11.8. The number of nitrogens with two attached hydrogens (primary N) is 1. The van der Waals surface area contributed by atoms with E-state index in [9.17, 15) is 18.0 Å². The summed E-state index contributed by atoms with van der Waals surface area (Å²) in [6.07, 6.45) is -0.970. The summed E-state index contributed by atoms with van der Waals surface area (Å²) in [5.74, 6) is -0.687. The van der Waals surface area contributed by atoms with Crippen molar-refractivity contribution in [2.45, 2.75) is 12.6 Å². The van der Waals surface area contributed by atoms with Gasteiger partial charge in [-0.25, -0.2) is 9.97 Å². The zero-order valence-corrected chi connectivity index (χ0v) is 16.9. The first-order valence-electron chi connectivity index (χ1n) is 9.06. The molecule has 4 rings (SSSR count). The second kappa shape index (κ2) is 7.66. The van der Waals surface area contributed by atoms with Gasteiger partial charge in [0.2, 0.25) is 0 Å². The van der Waals surface area contributed by atoms with Crippen molar-refractivity contribution < 1.29 is 18.0 Å². The number of amides is 1. The molecule has 0 unspecified atom stereocenters. The Bertz CT molecular complexity index is 1320. The Morgan fingerprint density at radius 3 is 2.55 bits per heavy atom. The molecule has 2 N–H and O–H groups in total. The summed E-state index contributed by atoms with van der Waals surface area (Å²) in [5, 5.41) is 4.67. The molecule has 1 aromatic carbocycles. The number of pyridine rings is 2. The highest BCUT2D eigenvalue weighted by Crippen LogP contribution is 2.32. The van der Waals surface area contributed by atoms with Gasteiger partial charge in [0.25, 0.3) is 5.91 Å². The third-order valence-electron chi connectivity index (χ3n) is 4.70. The van der Waals surface area contributed by atoms with E-state index in [1.54, 1.807) is 48.4 Å². The second-order valence-corrected chi connectivity index (χ2v) is 7.42. The van der Waals surface area contributed by atoms with Crippen LogP contribution in [0.5, 0.6) is 0 Å². The summed E-state index contributed by atoms with van der Waals surface area (Å²) in [7, 11) is 1.77. The first-order chi connectivity index (χ1) is 14.6. The Labute approximate surface area is 179 Å². The van der Waals surface area contributed by atoms with Gasteiger partial charge in [-0.3, -0.25) is 9.48 Å². The van der Waals surface area contributed by atoms with Crippen LogP contribution in [0.15, 0.2) is 48.8 Å². The highest BCUT2D eigenvalue weighted by atomic mass is 35.5. The molecule has 0 saturated heterocycles. The van der Waals surface area contributed by atoms with Crippen LogP contribution in [-0.4, -0.2) is 25.7 Å². The lowest BCUT2D eigenvalue weighted by molar-refractivity contribution is -0.141. The second-order valence-electron chi connectivity index (χ2n) is 7.03. The fourth-order valence-electron chi connectivity index (χ4n) is 3.34. The van der Waals surface area contributed by atoms with Gasteiger partial charge >= 0.3 is 6.18 Å². The number of alkyl halides is 3. The van der Waals surface area contributed by atoms with Gasteiger partial charge in [0.1, 0.15) is 16.5 Å². The van der Waals surface area contributed by atoms with Crippen molar-refractivity contribution in [3.8, 4) is 11.1 Å². The van der Waals surface area contributed by atoms with Crippen molar-refractivity contribution in [2.75, 3.05) is 0 Å². The van der Waals surface area contributed by atoms with E-state index in [1.165, 1.54) is 6.07 Å². The summed E-state index contributed by atoms with van der Waals surface area (Å²) in [6.45, 7) is 0. The van der Waals surface area contributed by atoms with Crippen molar-refractivity contribution in [3.63, 3.8) is 0 Å². The maximum Gasteiger partial charge on any atom is 0.433 e. The molecule has 0 atom stereocenters. The molecule has 3 aromatic heterocycles. The van der Waals surface area contributed by atoms with E-state index in [-0.39, 0.29) is 17.3 Å². The molecule has 3 heterocycles. The fraction of sp³-hybridized carbons (Fsp3) is 0.143. The molecule has 0 bridgehead atoms. The molecule has 10 heteroatoms. The van der Waals surface area contributed by atoms with Crippen LogP contribution in [0.4, 0.5) is 13.2 Å². The van der Waals surface area contributed by atoms with Crippen molar-refractivity contribution >= 4 is 28.4 Å². The zero-order chi connectivity index (χ0) is 22.3. The molecule has 0 aliphatic carbocycles. The molecular formula is C21H15ClF3N5O. The van der Waals surface area contributed by atoms with Gasteiger partial charge in [0.15, 0.2) is 0 Å². The van der Waals surface area contributed by atoms with Gasteiger partial charge < -0.3 is 5.73 Å². The minimum atomic E-state index is -4.60. The smallest absolute Gasteiger partial charge is 0.364 e. The number of rotatable bonds is 4. The van der Waals surface area contributed by atoms with E-state index in [1.807, 2.05) is 0 Å². The number of aromatic nitrogens is 4. The molecule has 0 radical (unpaired) electrons. The topological polar surface area (TPSA) is 86.7 Å². The average Bonchev–Trinajstić information content (AvgIpc) is 3.12. The van der Waals surface area contributed by atoms with Crippen LogP contribution in [0, 0.1) is 0 Å². The minimum Gasteiger partial charge on any atom is -0.364 e. The molecule has 158 valence electrons. The number of halogens is 4. The van der Waals surface area contributed by atoms with Gasteiger partial charge in [-0.1, -0.05) is 23.7 Å².